The molecular formula is C14H22ClN3O2. The van der Waals surface area contributed by atoms with Crippen LogP contribution in [0.15, 0.2) is 16.4 Å². The van der Waals surface area contributed by atoms with Gasteiger partial charge in [0.05, 0.1) is 18.0 Å². The van der Waals surface area contributed by atoms with Crippen LogP contribution in [0.1, 0.15) is 26.7 Å². The van der Waals surface area contributed by atoms with Gasteiger partial charge in [0.1, 0.15) is 6.10 Å². The van der Waals surface area contributed by atoms with E-state index >= 15 is 0 Å². The molecule has 20 heavy (non-hydrogen) atoms. The Balaban J connectivity index is 1.91. The average molecular weight is 300 g/mol. The molecule has 0 bridgehead atoms. The van der Waals surface area contributed by atoms with E-state index in [1.807, 2.05) is 18.7 Å². The highest BCUT2D eigenvalue weighted by atomic mass is 35.5. The predicted molar refractivity (Wildman–Crippen MR) is 79.7 cm³/mol. The molecule has 0 unspecified atom stereocenters. The summed E-state index contributed by atoms with van der Waals surface area (Å²) in [5.74, 6) is 0.799. The van der Waals surface area contributed by atoms with Crippen LogP contribution in [0.2, 0.25) is 0 Å². The van der Waals surface area contributed by atoms with Gasteiger partial charge in [0, 0.05) is 24.8 Å². The van der Waals surface area contributed by atoms with Gasteiger partial charge in [-0.1, -0.05) is 0 Å². The molecule has 2 N–H and O–H groups in total. The van der Waals surface area contributed by atoms with Crippen LogP contribution >= 0.6 is 11.6 Å². The van der Waals surface area contributed by atoms with Crippen molar-refractivity contribution in [1.82, 2.24) is 4.90 Å². The van der Waals surface area contributed by atoms with Crippen LogP contribution in [0, 0.1) is 5.92 Å². The number of carbonyl (C=O) groups is 1. The van der Waals surface area contributed by atoms with Crippen LogP contribution in [0.4, 0.5) is 0 Å². The molecule has 1 aliphatic heterocycles. The zero-order valence-electron chi connectivity index (χ0n) is 12.2. The molecular weight excluding hydrogens is 278 g/mol. The van der Waals surface area contributed by atoms with Crippen molar-refractivity contribution in [2.24, 2.45) is 16.6 Å². The first-order chi connectivity index (χ1) is 9.32. The van der Waals surface area contributed by atoms with Crippen molar-refractivity contribution >= 4 is 23.7 Å². The van der Waals surface area contributed by atoms with Crippen molar-refractivity contribution in [3.8, 4) is 0 Å². The second kappa shape index (κ2) is 5.64. The van der Waals surface area contributed by atoms with E-state index in [9.17, 15) is 4.79 Å². The Labute approximate surface area is 124 Å². The number of ether oxygens (including phenoxy) is 1. The number of allylic oxidation sites excluding steroid dienone is 1. The maximum Gasteiger partial charge on any atom is 0.225 e. The number of aliphatic imine (C=N–C) groups is 1. The van der Waals surface area contributed by atoms with E-state index < -0.39 is 4.87 Å². The Hall–Kier alpha value is -1.23. The summed E-state index contributed by atoms with van der Waals surface area (Å²) in [6, 6.07) is 0. The lowest BCUT2D eigenvalue weighted by atomic mass is 10.0. The highest BCUT2D eigenvalue weighted by Crippen LogP contribution is 2.33. The zero-order valence-corrected chi connectivity index (χ0v) is 13.0. The normalized spacial score (nSPS) is 21.7. The number of hydrogen-bond acceptors (Lipinski definition) is 4. The van der Waals surface area contributed by atoms with E-state index in [4.69, 9.17) is 22.1 Å². The number of alkyl halides is 1. The summed E-state index contributed by atoms with van der Waals surface area (Å²) < 4.78 is 5.70. The third-order valence-electron chi connectivity index (χ3n) is 3.54. The van der Waals surface area contributed by atoms with Crippen molar-refractivity contribution < 1.29 is 9.53 Å². The first-order valence-corrected chi connectivity index (χ1v) is 7.27. The molecule has 0 aromatic heterocycles. The molecule has 0 aromatic rings. The van der Waals surface area contributed by atoms with Gasteiger partial charge < -0.3 is 15.4 Å². The van der Waals surface area contributed by atoms with Gasteiger partial charge in [-0.2, -0.15) is 0 Å². The van der Waals surface area contributed by atoms with Crippen molar-refractivity contribution in [3.05, 3.63) is 11.5 Å². The fraction of sp³-hybridized carbons (Fsp3) is 0.714. The molecule has 0 radical (unpaired) electrons. The van der Waals surface area contributed by atoms with E-state index in [-0.39, 0.29) is 17.9 Å². The predicted octanol–water partition coefficient (Wildman–Crippen LogP) is 1.51. The molecule has 2 fully saturated rings. The molecule has 1 heterocycles. The second-order valence-corrected chi connectivity index (χ2v) is 6.84. The largest absolute Gasteiger partial charge is 0.472 e. The Morgan fingerprint density at radius 3 is 2.50 bits per heavy atom. The third-order valence-corrected chi connectivity index (χ3v) is 3.75. The van der Waals surface area contributed by atoms with E-state index in [1.165, 1.54) is 0 Å². The number of nitrogens with zero attached hydrogens (tertiary/aromatic N) is 2. The van der Waals surface area contributed by atoms with Gasteiger partial charge in [0.2, 0.25) is 5.91 Å². The first kappa shape index (κ1) is 15.2. The third kappa shape index (κ3) is 3.45. The number of likely N-dealkylation sites (tertiary alicyclic amines) is 1. The summed E-state index contributed by atoms with van der Waals surface area (Å²) in [6.07, 6.45) is 3.63. The topological polar surface area (TPSA) is 67.9 Å². The van der Waals surface area contributed by atoms with Crippen molar-refractivity contribution in [2.75, 3.05) is 20.1 Å². The maximum atomic E-state index is 11.8. The lowest BCUT2D eigenvalue weighted by Gasteiger charge is -2.39. The van der Waals surface area contributed by atoms with E-state index in [2.05, 4.69) is 4.99 Å². The van der Waals surface area contributed by atoms with E-state index in [1.54, 1.807) is 13.3 Å². The fourth-order valence-electron chi connectivity index (χ4n) is 2.16. The lowest BCUT2D eigenvalue weighted by molar-refractivity contribution is -0.143. The Morgan fingerprint density at radius 1 is 1.45 bits per heavy atom. The average Bonchev–Trinajstić information content (AvgIpc) is 3.11. The van der Waals surface area contributed by atoms with E-state index in [0.717, 1.165) is 12.8 Å². The molecule has 1 amide bonds. The highest BCUT2D eigenvalue weighted by molar-refractivity contribution is 6.27. The van der Waals surface area contributed by atoms with Crippen LogP contribution in [0.5, 0.6) is 0 Å². The number of carbonyl (C=O) groups excluding carboxylic acids is 1. The van der Waals surface area contributed by atoms with Crippen molar-refractivity contribution in [2.45, 2.75) is 37.7 Å². The van der Waals surface area contributed by atoms with Crippen LogP contribution in [0.25, 0.3) is 0 Å². The molecule has 1 saturated heterocycles. The first-order valence-electron chi connectivity index (χ1n) is 6.89. The highest BCUT2D eigenvalue weighted by Gasteiger charge is 2.40. The van der Waals surface area contributed by atoms with Crippen molar-refractivity contribution in [1.29, 1.82) is 0 Å². The summed E-state index contributed by atoms with van der Waals surface area (Å²) >= 11 is 6.27. The minimum absolute atomic E-state index is 0.0445. The Morgan fingerprint density at radius 2 is 2.05 bits per heavy atom. The SMILES string of the molecule is CN=CC(=C(N)OC1CN(C(=O)C2CC2)C1)C(C)(C)Cl. The molecule has 1 aliphatic carbocycles. The smallest absolute Gasteiger partial charge is 0.225 e. The Kier molecular flexibility index (Phi) is 4.28. The summed E-state index contributed by atoms with van der Waals surface area (Å²) in [7, 11) is 1.66. The van der Waals surface area contributed by atoms with Gasteiger partial charge in [-0.15, -0.1) is 11.6 Å². The van der Waals surface area contributed by atoms with Gasteiger partial charge in [-0.05, 0) is 26.7 Å². The van der Waals surface area contributed by atoms with Crippen LogP contribution in [-0.2, 0) is 9.53 Å². The molecule has 2 aliphatic rings. The van der Waals surface area contributed by atoms with Gasteiger partial charge in [0.15, 0.2) is 5.88 Å². The summed E-state index contributed by atoms with van der Waals surface area (Å²) in [5.41, 5.74) is 6.63. The summed E-state index contributed by atoms with van der Waals surface area (Å²) in [6.45, 7) is 4.89. The monoisotopic (exact) mass is 299 g/mol. The lowest BCUT2D eigenvalue weighted by Crippen LogP contribution is -2.55. The minimum atomic E-state index is -0.642. The second-order valence-electron chi connectivity index (χ2n) is 5.90. The molecule has 5 nitrogen and oxygen atoms in total. The zero-order chi connectivity index (χ0) is 14.9. The van der Waals surface area contributed by atoms with Gasteiger partial charge in [0.25, 0.3) is 0 Å². The fourth-order valence-corrected chi connectivity index (χ4v) is 2.31. The van der Waals surface area contributed by atoms with Gasteiger partial charge in [-0.25, -0.2) is 0 Å². The molecule has 0 spiro atoms. The quantitative estimate of drug-likeness (QED) is 0.475. The summed E-state index contributed by atoms with van der Waals surface area (Å²) in [4.78, 5) is 16.9. The van der Waals surface area contributed by atoms with Crippen LogP contribution in [0.3, 0.4) is 0 Å². The van der Waals surface area contributed by atoms with Crippen LogP contribution < -0.4 is 5.73 Å². The molecule has 0 aromatic carbocycles. The maximum absolute atomic E-state index is 11.8. The minimum Gasteiger partial charge on any atom is -0.472 e. The number of rotatable bonds is 5. The van der Waals surface area contributed by atoms with Crippen molar-refractivity contribution in [3.63, 3.8) is 0 Å². The Bertz CT molecular complexity index is 444. The standard InChI is InChI=1S/C14H22ClN3O2/c1-14(2,15)11(6-17-3)12(16)20-10-7-18(8-10)13(19)9-4-5-9/h6,9-10H,4-5,7-8,16H2,1-3H3. The number of halogens is 1. The van der Waals surface area contributed by atoms with Crippen LogP contribution in [-0.4, -0.2) is 48.1 Å². The van der Waals surface area contributed by atoms with Gasteiger partial charge in [-0.3, -0.25) is 9.79 Å². The molecule has 2 rings (SSSR count). The van der Waals surface area contributed by atoms with Gasteiger partial charge >= 0.3 is 0 Å². The molecule has 0 atom stereocenters. The molecule has 112 valence electrons. The molecule has 6 heteroatoms. The number of hydrogen-bond donors (Lipinski definition) is 1. The number of amides is 1. The van der Waals surface area contributed by atoms with E-state index in [0.29, 0.717) is 24.5 Å². The molecule has 1 saturated carbocycles. The number of nitrogens with two attached hydrogens (primary N) is 1. The summed E-state index contributed by atoms with van der Waals surface area (Å²) in [5, 5.41) is 0.